The second-order valence-electron chi connectivity index (χ2n) is 3.50. The molecule has 0 fully saturated rings. The molecule has 2 N–H and O–H groups in total. The predicted octanol–water partition coefficient (Wildman–Crippen LogP) is 3.14. The van der Waals surface area contributed by atoms with Gasteiger partial charge in [-0.1, -0.05) is 0 Å². The Morgan fingerprint density at radius 1 is 1.58 bits per heavy atom. The van der Waals surface area contributed by atoms with Crippen LogP contribution in [0.1, 0.15) is 17.3 Å². The molecule has 0 spiro atoms. The van der Waals surface area contributed by atoms with Crippen LogP contribution in [0.2, 0.25) is 0 Å². The van der Waals surface area contributed by atoms with Crippen LogP contribution in [0.5, 0.6) is 0 Å². The van der Waals surface area contributed by atoms with Crippen LogP contribution in [0.15, 0.2) is 17.5 Å². The van der Waals surface area contributed by atoms with Crippen molar-refractivity contribution >= 4 is 39.3 Å². The average Bonchev–Trinajstić information content (AvgIpc) is 2.94. The van der Waals surface area contributed by atoms with E-state index in [-0.39, 0.29) is 17.9 Å². The standard InChI is InChI=1S/C11H10N2O4S2/c1-2-17-11(14)6-5-8(19-10(6)12)9-7(13(15)16)3-4-18-9/h3-5H,2,12H2,1H3. The predicted molar refractivity (Wildman–Crippen MR) is 74.7 cm³/mol. The summed E-state index contributed by atoms with van der Waals surface area (Å²) >= 11 is 2.38. The van der Waals surface area contributed by atoms with Gasteiger partial charge in [0, 0.05) is 6.07 Å². The average molecular weight is 298 g/mol. The van der Waals surface area contributed by atoms with E-state index in [9.17, 15) is 14.9 Å². The SMILES string of the molecule is CCOC(=O)c1cc(-c2sccc2[N+](=O)[O-])sc1N. The molecule has 2 aromatic rings. The molecule has 0 aromatic carbocycles. The normalized spacial score (nSPS) is 10.4. The lowest BCUT2D eigenvalue weighted by atomic mass is 10.2. The second-order valence-corrected chi connectivity index (χ2v) is 5.50. The Morgan fingerprint density at radius 2 is 2.32 bits per heavy atom. The zero-order valence-electron chi connectivity index (χ0n) is 9.91. The molecule has 8 heteroatoms. The maximum Gasteiger partial charge on any atom is 0.341 e. The lowest BCUT2D eigenvalue weighted by molar-refractivity contribution is -0.383. The number of nitro groups is 1. The fourth-order valence-electron chi connectivity index (χ4n) is 1.52. The maximum atomic E-state index is 11.6. The number of anilines is 1. The van der Waals surface area contributed by atoms with Crippen molar-refractivity contribution in [2.45, 2.75) is 6.92 Å². The van der Waals surface area contributed by atoms with Crippen molar-refractivity contribution in [3.63, 3.8) is 0 Å². The van der Waals surface area contributed by atoms with Crippen molar-refractivity contribution in [1.29, 1.82) is 0 Å². The first kappa shape index (κ1) is 13.5. The number of hydrogen-bond donors (Lipinski definition) is 1. The Morgan fingerprint density at radius 3 is 2.95 bits per heavy atom. The van der Waals surface area contributed by atoms with Gasteiger partial charge in [-0.05, 0) is 18.4 Å². The number of hydrogen-bond acceptors (Lipinski definition) is 7. The molecule has 2 aromatic heterocycles. The molecular formula is C11H10N2O4S2. The van der Waals surface area contributed by atoms with E-state index in [1.165, 1.54) is 23.5 Å². The minimum Gasteiger partial charge on any atom is -0.462 e. The summed E-state index contributed by atoms with van der Waals surface area (Å²) < 4.78 is 4.87. The summed E-state index contributed by atoms with van der Waals surface area (Å²) in [4.78, 5) is 23.2. The molecule has 0 unspecified atom stereocenters. The van der Waals surface area contributed by atoms with E-state index in [2.05, 4.69) is 0 Å². The van der Waals surface area contributed by atoms with Gasteiger partial charge in [0.25, 0.3) is 5.69 Å². The number of nitrogen functional groups attached to an aromatic ring is 1. The third-order valence-electron chi connectivity index (χ3n) is 2.32. The van der Waals surface area contributed by atoms with E-state index < -0.39 is 10.9 Å². The minimum absolute atomic E-state index is 0.0154. The highest BCUT2D eigenvalue weighted by Crippen LogP contribution is 2.41. The molecule has 0 amide bonds. The minimum atomic E-state index is -0.512. The number of carbonyl (C=O) groups excluding carboxylic acids is 1. The molecule has 2 rings (SSSR count). The summed E-state index contributed by atoms with van der Waals surface area (Å²) in [6, 6.07) is 2.97. The number of ether oxygens (including phenoxy) is 1. The molecule has 100 valence electrons. The molecule has 0 aliphatic heterocycles. The van der Waals surface area contributed by atoms with Crippen molar-refractivity contribution < 1.29 is 14.5 Å². The molecule has 19 heavy (non-hydrogen) atoms. The van der Waals surface area contributed by atoms with Gasteiger partial charge in [0.15, 0.2) is 0 Å². The fourth-order valence-corrected chi connectivity index (χ4v) is 3.42. The Bertz CT molecular complexity index is 632. The van der Waals surface area contributed by atoms with Gasteiger partial charge in [-0.2, -0.15) is 0 Å². The molecule has 0 radical (unpaired) electrons. The lowest BCUT2D eigenvalue weighted by Crippen LogP contribution is -2.05. The summed E-state index contributed by atoms with van der Waals surface area (Å²) in [5.41, 5.74) is 6.03. The summed E-state index contributed by atoms with van der Waals surface area (Å²) in [6.07, 6.45) is 0. The van der Waals surface area contributed by atoms with Crippen molar-refractivity contribution in [3.05, 3.63) is 33.2 Å². The molecule has 0 atom stereocenters. The third-order valence-corrected chi connectivity index (χ3v) is 4.37. The summed E-state index contributed by atoms with van der Waals surface area (Å²) in [6.45, 7) is 1.95. The number of thiophene rings is 2. The van der Waals surface area contributed by atoms with E-state index >= 15 is 0 Å². The van der Waals surface area contributed by atoms with Crippen molar-refractivity contribution in [1.82, 2.24) is 0 Å². The Kier molecular flexibility index (Phi) is 3.82. The summed E-state index contributed by atoms with van der Waals surface area (Å²) in [7, 11) is 0. The first-order valence-electron chi connectivity index (χ1n) is 5.33. The van der Waals surface area contributed by atoms with E-state index in [0.29, 0.717) is 14.8 Å². The van der Waals surface area contributed by atoms with Crippen LogP contribution in [0.25, 0.3) is 9.75 Å². The van der Waals surface area contributed by atoms with Gasteiger partial charge in [-0.15, -0.1) is 22.7 Å². The summed E-state index contributed by atoms with van der Waals surface area (Å²) in [5, 5.41) is 12.8. The van der Waals surface area contributed by atoms with Crippen molar-refractivity contribution in [2.24, 2.45) is 0 Å². The van der Waals surface area contributed by atoms with Crippen LogP contribution in [-0.2, 0) is 4.74 Å². The van der Waals surface area contributed by atoms with Crippen LogP contribution in [0.4, 0.5) is 10.7 Å². The molecular weight excluding hydrogens is 288 g/mol. The van der Waals surface area contributed by atoms with Gasteiger partial charge in [-0.25, -0.2) is 4.79 Å². The van der Waals surface area contributed by atoms with Crippen molar-refractivity contribution in [3.8, 4) is 9.75 Å². The number of nitrogens with zero attached hydrogens (tertiary/aromatic N) is 1. The third kappa shape index (κ3) is 2.59. The van der Waals surface area contributed by atoms with Gasteiger partial charge in [0.2, 0.25) is 0 Å². The Hall–Kier alpha value is -1.93. The van der Waals surface area contributed by atoms with Gasteiger partial charge in [0.1, 0.15) is 9.88 Å². The molecule has 0 aliphatic carbocycles. The number of rotatable bonds is 4. The Balaban J connectivity index is 2.42. The maximum absolute atomic E-state index is 11.6. The van der Waals surface area contributed by atoms with Crippen LogP contribution < -0.4 is 5.73 Å². The van der Waals surface area contributed by atoms with Gasteiger partial charge in [-0.3, -0.25) is 10.1 Å². The number of esters is 1. The van der Waals surface area contributed by atoms with Crippen LogP contribution in [0.3, 0.4) is 0 Å². The smallest absolute Gasteiger partial charge is 0.341 e. The van der Waals surface area contributed by atoms with E-state index in [1.807, 2.05) is 0 Å². The second kappa shape index (κ2) is 5.37. The van der Waals surface area contributed by atoms with Gasteiger partial charge in [0.05, 0.1) is 22.0 Å². The first-order chi connectivity index (χ1) is 9.04. The van der Waals surface area contributed by atoms with Gasteiger partial charge >= 0.3 is 5.97 Å². The summed E-state index contributed by atoms with van der Waals surface area (Å²) in [5.74, 6) is -0.512. The van der Waals surface area contributed by atoms with Crippen LogP contribution in [-0.4, -0.2) is 17.5 Å². The van der Waals surface area contributed by atoms with E-state index in [0.717, 1.165) is 11.3 Å². The highest BCUT2D eigenvalue weighted by atomic mass is 32.1. The Labute approximate surface area is 116 Å². The van der Waals surface area contributed by atoms with E-state index in [1.54, 1.807) is 12.3 Å². The molecule has 0 aliphatic rings. The lowest BCUT2D eigenvalue weighted by Gasteiger charge is -1.98. The molecule has 6 nitrogen and oxygen atoms in total. The molecule has 0 saturated heterocycles. The zero-order chi connectivity index (χ0) is 14.0. The van der Waals surface area contributed by atoms with Crippen molar-refractivity contribution in [2.75, 3.05) is 12.3 Å². The van der Waals surface area contributed by atoms with E-state index in [4.69, 9.17) is 10.5 Å². The number of carbonyl (C=O) groups is 1. The first-order valence-corrected chi connectivity index (χ1v) is 7.03. The molecule has 0 saturated carbocycles. The highest BCUT2D eigenvalue weighted by molar-refractivity contribution is 7.24. The highest BCUT2D eigenvalue weighted by Gasteiger charge is 2.22. The van der Waals surface area contributed by atoms with Gasteiger partial charge < -0.3 is 10.5 Å². The zero-order valence-corrected chi connectivity index (χ0v) is 11.5. The van der Waals surface area contributed by atoms with Crippen LogP contribution >= 0.6 is 22.7 Å². The largest absolute Gasteiger partial charge is 0.462 e. The molecule has 0 bridgehead atoms. The topological polar surface area (TPSA) is 95.5 Å². The monoisotopic (exact) mass is 298 g/mol. The van der Waals surface area contributed by atoms with Crippen LogP contribution in [0, 0.1) is 10.1 Å². The quantitative estimate of drug-likeness (QED) is 0.531. The molecule has 2 heterocycles. The number of nitrogens with two attached hydrogens (primary N) is 1. The fraction of sp³-hybridized carbons (Fsp3) is 0.182.